The molecule has 0 unspecified atom stereocenters. The van der Waals surface area contributed by atoms with E-state index in [1.165, 1.54) is 0 Å². The predicted molar refractivity (Wildman–Crippen MR) is 78.0 cm³/mol. The summed E-state index contributed by atoms with van der Waals surface area (Å²) in [6.07, 6.45) is 3.36. The molecule has 0 fully saturated rings. The summed E-state index contributed by atoms with van der Waals surface area (Å²) in [5, 5.41) is 4.28. The molecule has 6 heteroatoms. The SMILES string of the molecule is Cc1ncc(Nc2ncnc3ccccc23)n1C.Cl. The second-order valence-electron chi connectivity index (χ2n) is 4.11. The molecule has 2 heterocycles. The van der Waals surface area contributed by atoms with E-state index in [0.29, 0.717) is 0 Å². The third-order valence-electron chi connectivity index (χ3n) is 3.01. The van der Waals surface area contributed by atoms with Crippen molar-refractivity contribution in [1.29, 1.82) is 0 Å². The summed E-state index contributed by atoms with van der Waals surface area (Å²) < 4.78 is 1.98. The molecule has 0 spiro atoms. The van der Waals surface area contributed by atoms with Gasteiger partial charge < -0.3 is 9.88 Å². The normalized spacial score (nSPS) is 10.2. The number of aryl methyl sites for hydroxylation is 1. The lowest BCUT2D eigenvalue weighted by Gasteiger charge is -2.08. The Morgan fingerprint density at radius 3 is 2.63 bits per heavy atom. The van der Waals surface area contributed by atoms with Crippen molar-refractivity contribution < 1.29 is 0 Å². The molecule has 19 heavy (non-hydrogen) atoms. The van der Waals surface area contributed by atoms with Crippen LogP contribution in [0.15, 0.2) is 36.8 Å². The van der Waals surface area contributed by atoms with E-state index in [1.54, 1.807) is 12.5 Å². The number of imidazole rings is 1. The first-order valence-electron chi connectivity index (χ1n) is 5.71. The molecule has 0 saturated heterocycles. The molecule has 0 aliphatic carbocycles. The summed E-state index contributed by atoms with van der Waals surface area (Å²) in [4.78, 5) is 12.8. The highest BCUT2D eigenvalue weighted by Crippen LogP contribution is 2.22. The van der Waals surface area contributed by atoms with E-state index < -0.39 is 0 Å². The number of anilines is 2. The molecule has 0 saturated carbocycles. The zero-order chi connectivity index (χ0) is 12.5. The molecule has 0 aliphatic heterocycles. The predicted octanol–water partition coefficient (Wildman–Crippen LogP) is 2.84. The molecule has 5 nitrogen and oxygen atoms in total. The summed E-state index contributed by atoms with van der Waals surface area (Å²) in [5.74, 6) is 2.66. The van der Waals surface area contributed by atoms with Crippen LogP contribution in [0.3, 0.4) is 0 Å². The Morgan fingerprint density at radius 2 is 1.89 bits per heavy atom. The van der Waals surface area contributed by atoms with E-state index in [1.807, 2.05) is 42.8 Å². The second-order valence-corrected chi connectivity index (χ2v) is 4.11. The maximum Gasteiger partial charge on any atom is 0.142 e. The summed E-state index contributed by atoms with van der Waals surface area (Å²) >= 11 is 0. The Bertz CT molecular complexity index is 702. The Morgan fingerprint density at radius 1 is 1.11 bits per heavy atom. The largest absolute Gasteiger partial charge is 0.324 e. The average Bonchev–Trinajstić information content (AvgIpc) is 2.71. The smallest absolute Gasteiger partial charge is 0.142 e. The number of para-hydroxylation sites is 1. The number of hydrogen-bond donors (Lipinski definition) is 1. The maximum absolute atomic E-state index is 4.29. The van der Waals surface area contributed by atoms with E-state index in [4.69, 9.17) is 0 Å². The fourth-order valence-electron chi connectivity index (χ4n) is 1.84. The zero-order valence-electron chi connectivity index (χ0n) is 10.7. The molecule has 0 amide bonds. The van der Waals surface area contributed by atoms with Crippen LogP contribution in [0, 0.1) is 6.92 Å². The van der Waals surface area contributed by atoms with Gasteiger partial charge >= 0.3 is 0 Å². The highest BCUT2D eigenvalue weighted by atomic mass is 35.5. The van der Waals surface area contributed by atoms with Crippen LogP contribution in [0.2, 0.25) is 0 Å². The van der Waals surface area contributed by atoms with Crippen LogP contribution < -0.4 is 5.32 Å². The van der Waals surface area contributed by atoms with Gasteiger partial charge in [0, 0.05) is 12.4 Å². The van der Waals surface area contributed by atoms with E-state index in [-0.39, 0.29) is 12.4 Å². The van der Waals surface area contributed by atoms with Crippen molar-refractivity contribution >= 4 is 34.9 Å². The van der Waals surface area contributed by atoms with Crippen LogP contribution in [0.4, 0.5) is 11.6 Å². The molecule has 0 radical (unpaired) electrons. The zero-order valence-corrected chi connectivity index (χ0v) is 11.5. The average molecular weight is 276 g/mol. The molecule has 0 aliphatic rings. The van der Waals surface area contributed by atoms with Crippen LogP contribution in [0.5, 0.6) is 0 Å². The van der Waals surface area contributed by atoms with E-state index >= 15 is 0 Å². The Hall–Kier alpha value is -2.14. The van der Waals surface area contributed by atoms with Crippen molar-refractivity contribution in [3.8, 4) is 0 Å². The molecule has 1 N–H and O–H groups in total. The Kier molecular flexibility index (Phi) is 3.66. The van der Waals surface area contributed by atoms with Crippen LogP contribution in [0.25, 0.3) is 10.9 Å². The number of rotatable bonds is 2. The topological polar surface area (TPSA) is 55.6 Å². The van der Waals surface area contributed by atoms with Crippen molar-refractivity contribution in [2.45, 2.75) is 6.92 Å². The van der Waals surface area contributed by atoms with Gasteiger partial charge in [0.25, 0.3) is 0 Å². The standard InChI is InChI=1S/C13H13N5.ClH/c1-9-14-7-12(18(9)2)17-13-10-5-3-4-6-11(10)15-8-16-13;/h3-8H,1-2H3,(H,15,16,17);1H. The molecule has 1 aromatic carbocycles. The lowest BCUT2D eigenvalue weighted by Crippen LogP contribution is -2.01. The summed E-state index contributed by atoms with van der Waals surface area (Å²) in [6.45, 7) is 1.96. The lowest BCUT2D eigenvalue weighted by atomic mass is 10.2. The van der Waals surface area contributed by atoms with Gasteiger partial charge in [-0.2, -0.15) is 0 Å². The lowest BCUT2D eigenvalue weighted by molar-refractivity contribution is 0.864. The summed E-state index contributed by atoms with van der Waals surface area (Å²) in [7, 11) is 1.97. The molecule has 2 aromatic heterocycles. The van der Waals surface area contributed by atoms with Crippen LogP contribution in [-0.4, -0.2) is 19.5 Å². The molecular weight excluding hydrogens is 262 g/mol. The molecular formula is C13H14ClN5. The number of hydrogen-bond acceptors (Lipinski definition) is 4. The number of nitrogens with one attached hydrogen (secondary N) is 1. The fraction of sp³-hybridized carbons (Fsp3) is 0.154. The van der Waals surface area contributed by atoms with Gasteiger partial charge in [0.2, 0.25) is 0 Å². The van der Waals surface area contributed by atoms with Crippen molar-refractivity contribution in [3.05, 3.63) is 42.6 Å². The van der Waals surface area contributed by atoms with Crippen molar-refractivity contribution in [2.24, 2.45) is 7.05 Å². The molecule has 0 atom stereocenters. The molecule has 3 rings (SSSR count). The van der Waals surface area contributed by atoms with E-state index in [2.05, 4.69) is 20.3 Å². The Labute approximate surface area is 117 Å². The minimum absolute atomic E-state index is 0. The number of fused-ring (bicyclic) bond motifs is 1. The molecule has 3 aromatic rings. The number of halogens is 1. The number of nitrogens with zero attached hydrogens (tertiary/aromatic N) is 4. The van der Waals surface area contributed by atoms with Gasteiger partial charge in [0.1, 0.15) is 23.8 Å². The van der Waals surface area contributed by atoms with E-state index in [0.717, 1.165) is 28.4 Å². The van der Waals surface area contributed by atoms with Crippen molar-refractivity contribution in [3.63, 3.8) is 0 Å². The van der Waals surface area contributed by atoms with Gasteiger partial charge in [-0.15, -0.1) is 12.4 Å². The number of benzene rings is 1. The van der Waals surface area contributed by atoms with Crippen molar-refractivity contribution in [1.82, 2.24) is 19.5 Å². The third kappa shape index (κ3) is 2.37. The third-order valence-corrected chi connectivity index (χ3v) is 3.01. The summed E-state index contributed by atoms with van der Waals surface area (Å²) in [5.41, 5.74) is 0.925. The van der Waals surface area contributed by atoms with Crippen LogP contribution in [-0.2, 0) is 7.05 Å². The minimum Gasteiger partial charge on any atom is -0.324 e. The van der Waals surface area contributed by atoms with Gasteiger partial charge in [0.15, 0.2) is 0 Å². The highest BCUT2D eigenvalue weighted by Gasteiger charge is 2.06. The first kappa shape index (κ1) is 13.3. The minimum atomic E-state index is 0. The van der Waals surface area contributed by atoms with Gasteiger partial charge in [0.05, 0.1) is 11.7 Å². The van der Waals surface area contributed by atoms with Crippen molar-refractivity contribution in [2.75, 3.05) is 5.32 Å². The van der Waals surface area contributed by atoms with Gasteiger partial charge in [-0.05, 0) is 19.1 Å². The van der Waals surface area contributed by atoms with Gasteiger partial charge in [-0.1, -0.05) is 12.1 Å². The molecule has 98 valence electrons. The van der Waals surface area contributed by atoms with Crippen LogP contribution >= 0.6 is 12.4 Å². The Balaban J connectivity index is 0.00000133. The van der Waals surface area contributed by atoms with Gasteiger partial charge in [-0.25, -0.2) is 15.0 Å². The van der Waals surface area contributed by atoms with E-state index in [9.17, 15) is 0 Å². The maximum atomic E-state index is 4.29. The van der Waals surface area contributed by atoms with Gasteiger partial charge in [-0.3, -0.25) is 0 Å². The summed E-state index contributed by atoms with van der Waals surface area (Å²) in [6, 6.07) is 7.91. The number of aromatic nitrogens is 4. The first-order chi connectivity index (χ1) is 8.75. The monoisotopic (exact) mass is 275 g/mol. The fourth-order valence-corrected chi connectivity index (χ4v) is 1.84. The highest BCUT2D eigenvalue weighted by molar-refractivity contribution is 5.90. The second kappa shape index (κ2) is 5.24. The van der Waals surface area contributed by atoms with Crippen LogP contribution in [0.1, 0.15) is 5.82 Å². The first-order valence-corrected chi connectivity index (χ1v) is 5.71. The quantitative estimate of drug-likeness (QED) is 0.781. The molecule has 0 bridgehead atoms.